The summed E-state index contributed by atoms with van der Waals surface area (Å²) in [6, 6.07) is 5.35. The fourth-order valence-corrected chi connectivity index (χ4v) is 1.78. The molecule has 1 heterocycles. The van der Waals surface area contributed by atoms with E-state index >= 15 is 0 Å². The SMILES string of the molecule is CC(C)c1nc(-c2cc(Cl)ccc2N)n(C)n1. The van der Waals surface area contributed by atoms with E-state index in [1.165, 1.54) is 0 Å². The smallest absolute Gasteiger partial charge is 0.160 e. The first-order valence-corrected chi connectivity index (χ1v) is 5.83. The summed E-state index contributed by atoms with van der Waals surface area (Å²) in [6.07, 6.45) is 0. The van der Waals surface area contributed by atoms with Gasteiger partial charge in [-0.3, -0.25) is 0 Å². The second kappa shape index (κ2) is 4.37. The Balaban J connectivity index is 2.56. The maximum atomic E-state index is 5.98. The van der Waals surface area contributed by atoms with Crippen molar-refractivity contribution < 1.29 is 0 Å². The van der Waals surface area contributed by atoms with Gasteiger partial charge in [-0.25, -0.2) is 9.67 Å². The van der Waals surface area contributed by atoms with Gasteiger partial charge in [0.15, 0.2) is 11.6 Å². The molecule has 5 heteroatoms. The van der Waals surface area contributed by atoms with E-state index in [2.05, 4.69) is 23.9 Å². The number of hydrogen-bond acceptors (Lipinski definition) is 3. The van der Waals surface area contributed by atoms with Crippen LogP contribution < -0.4 is 5.73 Å². The molecule has 2 rings (SSSR count). The second-order valence-corrected chi connectivity index (χ2v) is 4.74. The van der Waals surface area contributed by atoms with Crippen LogP contribution in [0.25, 0.3) is 11.4 Å². The van der Waals surface area contributed by atoms with Gasteiger partial charge in [0.05, 0.1) is 0 Å². The molecule has 0 aliphatic carbocycles. The third kappa shape index (κ3) is 2.26. The highest BCUT2D eigenvalue weighted by Gasteiger charge is 2.14. The molecule has 0 amide bonds. The summed E-state index contributed by atoms with van der Waals surface area (Å²) in [4.78, 5) is 4.49. The molecule has 0 aliphatic rings. The van der Waals surface area contributed by atoms with Gasteiger partial charge in [-0.2, -0.15) is 5.10 Å². The zero-order valence-corrected chi connectivity index (χ0v) is 10.9. The van der Waals surface area contributed by atoms with Crippen molar-refractivity contribution in [3.8, 4) is 11.4 Å². The molecule has 0 radical (unpaired) electrons. The van der Waals surface area contributed by atoms with Gasteiger partial charge >= 0.3 is 0 Å². The monoisotopic (exact) mass is 250 g/mol. The molecule has 0 bridgehead atoms. The van der Waals surface area contributed by atoms with E-state index in [1.807, 2.05) is 13.1 Å². The number of nitrogens with two attached hydrogens (primary N) is 1. The van der Waals surface area contributed by atoms with E-state index < -0.39 is 0 Å². The molecule has 0 unspecified atom stereocenters. The number of halogens is 1. The van der Waals surface area contributed by atoms with Crippen LogP contribution >= 0.6 is 11.6 Å². The van der Waals surface area contributed by atoms with Crippen LogP contribution in [0.15, 0.2) is 18.2 Å². The third-order valence-electron chi connectivity index (χ3n) is 2.55. The lowest BCUT2D eigenvalue weighted by molar-refractivity contribution is 0.712. The van der Waals surface area contributed by atoms with Crippen molar-refractivity contribution in [3.05, 3.63) is 29.0 Å². The average molecular weight is 251 g/mol. The Hall–Kier alpha value is -1.55. The largest absolute Gasteiger partial charge is 0.398 e. The third-order valence-corrected chi connectivity index (χ3v) is 2.79. The van der Waals surface area contributed by atoms with Crippen LogP contribution in [-0.2, 0) is 7.05 Å². The van der Waals surface area contributed by atoms with Crippen molar-refractivity contribution in [2.24, 2.45) is 7.05 Å². The predicted molar refractivity (Wildman–Crippen MR) is 70.0 cm³/mol. The summed E-state index contributed by atoms with van der Waals surface area (Å²) in [5.41, 5.74) is 7.41. The molecule has 0 spiro atoms. The molecule has 1 aromatic heterocycles. The van der Waals surface area contributed by atoms with Crippen LogP contribution in [-0.4, -0.2) is 14.8 Å². The van der Waals surface area contributed by atoms with Crippen LogP contribution in [0.5, 0.6) is 0 Å². The first-order valence-electron chi connectivity index (χ1n) is 5.45. The van der Waals surface area contributed by atoms with E-state index in [0.717, 1.165) is 17.2 Å². The molecule has 17 heavy (non-hydrogen) atoms. The lowest BCUT2D eigenvalue weighted by atomic mass is 10.1. The number of aryl methyl sites for hydroxylation is 1. The number of nitrogens with zero attached hydrogens (tertiary/aromatic N) is 3. The predicted octanol–water partition coefficient (Wildman–Crippen LogP) is 2.84. The fourth-order valence-electron chi connectivity index (χ4n) is 1.61. The van der Waals surface area contributed by atoms with Gasteiger partial charge in [0.1, 0.15) is 0 Å². The molecule has 4 nitrogen and oxygen atoms in total. The molecule has 0 saturated carbocycles. The zero-order valence-electron chi connectivity index (χ0n) is 10.1. The molecule has 2 aromatic rings. The lowest BCUT2D eigenvalue weighted by Gasteiger charge is -2.04. The minimum Gasteiger partial charge on any atom is -0.398 e. The highest BCUT2D eigenvalue weighted by Crippen LogP contribution is 2.28. The molecular weight excluding hydrogens is 236 g/mol. The molecule has 1 aromatic carbocycles. The number of anilines is 1. The molecule has 2 N–H and O–H groups in total. The first kappa shape index (κ1) is 11.9. The van der Waals surface area contributed by atoms with Crippen molar-refractivity contribution >= 4 is 17.3 Å². The van der Waals surface area contributed by atoms with Crippen LogP contribution in [0.4, 0.5) is 5.69 Å². The van der Waals surface area contributed by atoms with Gasteiger partial charge in [-0.1, -0.05) is 25.4 Å². The Morgan fingerprint density at radius 3 is 2.65 bits per heavy atom. The van der Waals surface area contributed by atoms with E-state index in [0.29, 0.717) is 10.7 Å². The number of hydrogen-bond donors (Lipinski definition) is 1. The van der Waals surface area contributed by atoms with Crippen molar-refractivity contribution in [3.63, 3.8) is 0 Å². The van der Waals surface area contributed by atoms with Crippen LogP contribution in [0, 0.1) is 0 Å². The van der Waals surface area contributed by atoms with E-state index in [1.54, 1.807) is 16.8 Å². The number of rotatable bonds is 2. The minimum absolute atomic E-state index is 0.287. The molecular formula is C12H15ClN4. The van der Waals surface area contributed by atoms with Crippen molar-refractivity contribution in [1.82, 2.24) is 14.8 Å². The maximum Gasteiger partial charge on any atom is 0.160 e. The Morgan fingerprint density at radius 1 is 1.35 bits per heavy atom. The molecule has 0 atom stereocenters. The summed E-state index contributed by atoms with van der Waals surface area (Å²) >= 11 is 5.98. The summed E-state index contributed by atoms with van der Waals surface area (Å²) in [7, 11) is 1.86. The van der Waals surface area contributed by atoms with Gasteiger partial charge in [0, 0.05) is 29.2 Å². The normalized spacial score (nSPS) is 11.1. The van der Waals surface area contributed by atoms with Gasteiger partial charge in [-0.15, -0.1) is 0 Å². The number of aromatic nitrogens is 3. The number of benzene rings is 1. The van der Waals surface area contributed by atoms with Gasteiger partial charge < -0.3 is 5.73 Å². The quantitative estimate of drug-likeness (QED) is 0.834. The summed E-state index contributed by atoms with van der Waals surface area (Å²) in [5, 5.41) is 5.01. The lowest BCUT2D eigenvalue weighted by Crippen LogP contribution is -1.98. The summed E-state index contributed by atoms with van der Waals surface area (Å²) in [6.45, 7) is 4.11. The highest BCUT2D eigenvalue weighted by molar-refractivity contribution is 6.31. The Morgan fingerprint density at radius 2 is 2.06 bits per heavy atom. The van der Waals surface area contributed by atoms with E-state index in [9.17, 15) is 0 Å². The van der Waals surface area contributed by atoms with E-state index in [-0.39, 0.29) is 5.92 Å². The zero-order chi connectivity index (χ0) is 12.6. The first-order chi connectivity index (χ1) is 7.99. The Kier molecular flexibility index (Phi) is 3.07. The Bertz CT molecular complexity index is 545. The Labute approximate surface area is 105 Å². The summed E-state index contributed by atoms with van der Waals surface area (Å²) < 4.78 is 1.73. The standard InChI is InChI=1S/C12H15ClN4/c1-7(2)11-15-12(17(3)16-11)9-6-8(13)4-5-10(9)14/h4-7H,14H2,1-3H3. The van der Waals surface area contributed by atoms with Crippen molar-refractivity contribution in [1.29, 1.82) is 0 Å². The number of nitrogen functional groups attached to an aromatic ring is 1. The molecule has 90 valence electrons. The van der Waals surface area contributed by atoms with Crippen LogP contribution in [0.3, 0.4) is 0 Å². The van der Waals surface area contributed by atoms with Gasteiger partial charge in [0.2, 0.25) is 0 Å². The molecule has 0 aliphatic heterocycles. The van der Waals surface area contributed by atoms with Crippen molar-refractivity contribution in [2.75, 3.05) is 5.73 Å². The van der Waals surface area contributed by atoms with E-state index in [4.69, 9.17) is 17.3 Å². The van der Waals surface area contributed by atoms with Gasteiger partial charge in [-0.05, 0) is 18.2 Å². The minimum atomic E-state index is 0.287. The van der Waals surface area contributed by atoms with Crippen LogP contribution in [0.2, 0.25) is 5.02 Å². The average Bonchev–Trinajstić information content (AvgIpc) is 2.64. The highest BCUT2D eigenvalue weighted by atomic mass is 35.5. The summed E-state index contributed by atoms with van der Waals surface area (Å²) in [5.74, 6) is 1.84. The van der Waals surface area contributed by atoms with Gasteiger partial charge in [0.25, 0.3) is 0 Å². The molecule has 0 fully saturated rings. The molecule has 0 saturated heterocycles. The second-order valence-electron chi connectivity index (χ2n) is 4.30. The van der Waals surface area contributed by atoms with Crippen LogP contribution in [0.1, 0.15) is 25.6 Å². The van der Waals surface area contributed by atoms with Crippen molar-refractivity contribution in [2.45, 2.75) is 19.8 Å². The fraction of sp³-hybridized carbons (Fsp3) is 0.333. The maximum absolute atomic E-state index is 5.98. The topological polar surface area (TPSA) is 56.7 Å².